The number of carboxylic acids is 1. The van der Waals surface area contributed by atoms with E-state index >= 15 is 0 Å². The molecule has 0 aliphatic heterocycles. The van der Waals surface area contributed by atoms with E-state index in [0.717, 1.165) is 6.08 Å². The van der Waals surface area contributed by atoms with E-state index in [2.05, 4.69) is 0 Å². The maximum absolute atomic E-state index is 13.5. The average Bonchev–Trinajstić information content (AvgIpc) is 2.18. The number of nitrogens with zero attached hydrogens (tertiary/aromatic N) is 1. The maximum Gasteiger partial charge on any atom is 0.328 e. The molecule has 0 radical (unpaired) electrons. The van der Waals surface area contributed by atoms with Crippen LogP contribution in [0.4, 0.5) is 4.39 Å². The number of benzene rings is 1. The van der Waals surface area contributed by atoms with E-state index in [9.17, 15) is 9.18 Å². The summed E-state index contributed by atoms with van der Waals surface area (Å²) in [4.78, 5) is 12.1. The topological polar surface area (TPSA) is 40.5 Å². The number of carbonyl (C=O) groups is 1. The van der Waals surface area contributed by atoms with Crippen molar-refractivity contribution >= 4 is 12.0 Å². The second kappa shape index (κ2) is 5.42. The Bertz CT molecular complexity index is 413. The zero-order chi connectivity index (χ0) is 12.1. The molecule has 0 heterocycles. The van der Waals surface area contributed by atoms with Gasteiger partial charge in [0.1, 0.15) is 5.82 Å². The molecule has 0 bridgehead atoms. The summed E-state index contributed by atoms with van der Waals surface area (Å²) >= 11 is 0. The van der Waals surface area contributed by atoms with E-state index in [1.807, 2.05) is 19.0 Å². The first-order valence-corrected chi connectivity index (χ1v) is 4.83. The average molecular weight is 223 g/mol. The van der Waals surface area contributed by atoms with Gasteiger partial charge in [-0.1, -0.05) is 12.1 Å². The third-order valence-electron chi connectivity index (χ3n) is 1.98. The molecule has 0 aromatic heterocycles. The molecule has 3 nitrogen and oxygen atoms in total. The Morgan fingerprint density at radius 2 is 2.19 bits per heavy atom. The van der Waals surface area contributed by atoms with Gasteiger partial charge in [0.2, 0.25) is 0 Å². The van der Waals surface area contributed by atoms with Crippen molar-refractivity contribution in [3.63, 3.8) is 0 Å². The zero-order valence-electron chi connectivity index (χ0n) is 9.27. The van der Waals surface area contributed by atoms with Gasteiger partial charge in [-0.05, 0) is 31.8 Å². The van der Waals surface area contributed by atoms with E-state index in [1.165, 1.54) is 12.1 Å². The van der Waals surface area contributed by atoms with Crippen molar-refractivity contribution in [1.29, 1.82) is 0 Å². The zero-order valence-corrected chi connectivity index (χ0v) is 9.27. The summed E-state index contributed by atoms with van der Waals surface area (Å²) in [7, 11) is 3.72. The molecular formula is C12H14FNO2. The molecule has 16 heavy (non-hydrogen) atoms. The highest BCUT2D eigenvalue weighted by atomic mass is 19.1. The molecule has 1 N–H and O–H groups in total. The van der Waals surface area contributed by atoms with Crippen molar-refractivity contribution in [3.05, 3.63) is 41.2 Å². The van der Waals surface area contributed by atoms with Crippen LogP contribution in [-0.4, -0.2) is 30.1 Å². The van der Waals surface area contributed by atoms with Crippen LogP contribution >= 0.6 is 0 Å². The molecule has 1 aromatic rings. The van der Waals surface area contributed by atoms with E-state index in [0.29, 0.717) is 17.7 Å². The molecule has 0 atom stereocenters. The second-order valence-corrected chi connectivity index (χ2v) is 3.76. The lowest BCUT2D eigenvalue weighted by Gasteiger charge is -2.10. The van der Waals surface area contributed by atoms with Crippen LogP contribution in [0.15, 0.2) is 24.3 Å². The van der Waals surface area contributed by atoms with E-state index in [4.69, 9.17) is 5.11 Å². The molecule has 0 amide bonds. The monoisotopic (exact) mass is 223 g/mol. The molecule has 0 unspecified atom stereocenters. The lowest BCUT2D eigenvalue weighted by molar-refractivity contribution is -0.131. The molecule has 0 saturated carbocycles. The second-order valence-electron chi connectivity index (χ2n) is 3.76. The minimum absolute atomic E-state index is 0.318. The summed E-state index contributed by atoms with van der Waals surface area (Å²) in [6.45, 7) is 0.523. The highest BCUT2D eigenvalue weighted by molar-refractivity contribution is 5.85. The van der Waals surface area contributed by atoms with Gasteiger partial charge in [-0.2, -0.15) is 0 Å². The Balaban J connectivity index is 2.86. The van der Waals surface area contributed by atoms with Crippen LogP contribution in [0.3, 0.4) is 0 Å². The van der Waals surface area contributed by atoms with Crippen LogP contribution in [0.5, 0.6) is 0 Å². The first-order chi connectivity index (χ1) is 7.49. The molecule has 0 fully saturated rings. The van der Waals surface area contributed by atoms with Crippen LogP contribution in [0.2, 0.25) is 0 Å². The molecule has 0 saturated heterocycles. The summed E-state index contributed by atoms with van der Waals surface area (Å²) in [5.41, 5.74) is 1.14. The van der Waals surface area contributed by atoms with Crippen molar-refractivity contribution in [1.82, 2.24) is 4.90 Å². The van der Waals surface area contributed by atoms with Gasteiger partial charge in [-0.25, -0.2) is 9.18 Å². The van der Waals surface area contributed by atoms with Crippen LogP contribution in [-0.2, 0) is 11.3 Å². The van der Waals surface area contributed by atoms with Gasteiger partial charge in [0.05, 0.1) is 0 Å². The lowest BCUT2D eigenvalue weighted by Crippen LogP contribution is -2.11. The normalized spacial score (nSPS) is 11.2. The van der Waals surface area contributed by atoms with Crippen molar-refractivity contribution in [2.45, 2.75) is 6.54 Å². The van der Waals surface area contributed by atoms with Crippen molar-refractivity contribution in [2.75, 3.05) is 14.1 Å². The summed E-state index contributed by atoms with van der Waals surface area (Å²) in [5.74, 6) is -1.36. The number of hydrogen-bond donors (Lipinski definition) is 1. The first kappa shape index (κ1) is 12.4. The van der Waals surface area contributed by atoms with Gasteiger partial charge in [0, 0.05) is 18.2 Å². The third kappa shape index (κ3) is 3.82. The summed E-state index contributed by atoms with van der Waals surface area (Å²) in [5, 5.41) is 8.43. The van der Waals surface area contributed by atoms with E-state index in [1.54, 1.807) is 12.1 Å². The molecule has 86 valence electrons. The SMILES string of the molecule is CN(C)Cc1ccc(/C=C/C(=O)O)cc1F. The number of rotatable bonds is 4. The van der Waals surface area contributed by atoms with Crippen molar-refractivity contribution < 1.29 is 14.3 Å². The fourth-order valence-corrected chi connectivity index (χ4v) is 1.30. The summed E-state index contributed by atoms with van der Waals surface area (Å²) in [6.07, 6.45) is 2.35. The van der Waals surface area contributed by atoms with Gasteiger partial charge < -0.3 is 10.0 Å². The molecule has 4 heteroatoms. The van der Waals surface area contributed by atoms with E-state index < -0.39 is 5.97 Å². The quantitative estimate of drug-likeness (QED) is 0.793. The van der Waals surface area contributed by atoms with E-state index in [-0.39, 0.29) is 5.82 Å². The fraction of sp³-hybridized carbons (Fsp3) is 0.250. The van der Waals surface area contributed by atoms with Gasteiger partial charge in [-0.15, -0.1) is 0 Å². The largest absolute Gasteiger partial charge is 0.478 e. The Kier molecular flexibility index (Phi) is 4.19. The standard InChI is InChI=1S/C12H14FNO2/c1-14(2)8-10-5-3-9(7-11(10)13)4-6-12(15)16/h3-7H,8H2,1-2H3,(H,15,16)/b6-4+. The minimum atomic E-state index is -1.04. The maximum atomic E-state index is 13.5. The Morgan fingerprint density at radius 3 is 2.69 bits per heavy atom. The molecule has 0 aliphatic carbocycles. The minimum Gasteiger partial charge on any atom is -0.478 e. The predicted octanol–water partition coefficient (Wildman–Crippen LogP) is 1.99. The molecular weight excluding hydrogens is 209 g/mol. The van der Waals surface area contributed by atoms with Crippen LogP contribution in [0.1, 0.15) is 11.1 Å². The molecule has 0 spiro atoms. The molecule has 1 rings (SSSR count). The van der Waals surface area contributed by atoms with Gasteiger partial charge in [-0.3, -0.25) is 0 Å². The number of halogens is 1. The predicted molar refractivity (Wildman–Crippen MR) is 60.5 cm³/mol. The number of hydrogen-bond acceptors (Lipinski definition) is 2. The van der Waals surface area contributed by atoms with Gasteiger partial charge in [0.25, 0.3) is 0 Å². The van der Waals surface area contributed by atoms with Crippen LogP contribution in [0.25, 0.3) is 6.08 Å². The Hall–Kier alpha value is -1.68. The van der Waals surface area contributed by atoms with Gasteiger partial charge >= 0.3 is 5.97 Å². The summed E-state index contributed by atoms with van der Waals surface area (Å²) < 4.78 is 13.5. The number of aliphatic carboxylic acids is 1. The molecule has 1 aromatic carbocycles. The van der Waals surface area contributed by atoms with Gasteiger partial charge in [0.15, 0.2) is 0 Å². The lowest BCUT2D eigenvalue weighted by atomic mass is 10.1. The Labute approximate surface area is 93.8 Å². The Morgan fingerprint density at radius 1 is 1.50 bits per heavy atom. The van der Waals surface area contributed by atoms with Crippen LogP contribution < -0.4 is 0 Å². The van der Waals surface area contributed by atoms with Crippen LogP contribution in [0, 0.1) is 5.82 Å². The third-order valence-corrected chi connectivity index (χ3v) is 1.98. The van der Waals surface area contributed by atoms with Crippen molar-refractivity contribution in [2.24, 2.45) is 0 Å². The molecule has 0 aliphatic rings. The highest BCUT2D eigenvalue weighted by Crippen LogP contribution is 2.13. The smallest absolute Gasteiger partial charge is 0.328 e. The highest BCUT2D eigenvalue weighted by Gasteiger charge is 2.03. The van der Waals surface area contributed by atoms with Crippen molar-refractivity contribution in [3.8, 4) is 0 Å². The first-order valence-electron chi connectivity index (χ1n) is 4.83. The summed E-state index contributed by atoms with van der Waals surface area (Å²) in [6, 6.07) is 4.69. The number of carboxylic acid groups (broad SMARTS) is 1. The fourth-order valence-electron chi connectivity index (χ4n) is 1.30.